The van der Waals surface area contributed by atoms with Gasteiger partial charge in [-0.1, -0.05) is 18.0 Å². The smallest absolute Gasteiger partial charge is 0.325 e. The van der Waals surface area contributed by atoms with Crippen LogP contribution in [-0.4, -0.2) is 28.9 Å². The number of aromatic nitrogens is 2. The lowest BCUT2D eigenvalue weighted by atomic mass is 9.85. The molecule has 0 radical (unpaired) electrons. The van der Waals surface area contributed by atoms with E-state index in [1.54, 1.807) is 6.92 Å². The molecule has 1 fully saturated rings. The molecule has 0 atom stereocenters. The Labute approximate surface area is 122 Å². The van der Waals surface area contributed by atoms with E-state index < -0.39 is 5.97 Å². The first-order valence-electron chi connectivity index (χ1n) is 6.77. The zero-order valence-electron chi connectivity index (χ0n) is 11.4. The van der Waals surface area contributed by atoms with Gasteiger partial charge in [-0.15, -0.1) is 0 Å². The van der Waals surface area contributed by atoms with Crippen LogP contribution >= 0.6 is 11.6 Å². The standard InChI is InChI=1S/C13H18ClN3O3/c1-2-20-11(18)7-15-12-10(14)6-16-17(13(12)19)8-9-4-3-5-9/h6,9,15H,2-5,7-8H2,1H3. The molecular formula is C13H18ClN3O3. The summed E-state index contributed by atoms with van der Waals surface area (Å²) in [6.07, 6.45) is 4.89. The molecule has 2 rings (SSSR count). The third-order valence-electron chi connectivity index (χ3n) is 3.37. The van der Waals surface area contributed by atoms with Gasteiger partial charge in [-0.3, -0.25) is 9.59 Å². The Balaban J connectivity index is 2.08. The normalized spacial score (nSPS) is 14.7. The first-order chi connectivity index (χ1) is 9.61. The van der Waals surface area contributed by atoms with Crippen LogP contribution in [0.15, 0.2) is 11.0 Å². The largest absolute Gasteiger partial charge is 0.465 e. The van der Waals surface area contributed by atoms with Crippen LogP contribution in [0.3, 0.4) is 0 Å². The van der Waals surface area contributed by atoms with Crippen molar-refractivity contribution in [3.8, 4) is 0 Å². The lowest BCUT2D eigenvalue weighted by Crippen LogP contribution is -2.31. The summed E-state index contributed by atoms with van der Waals surface area (Å²) in [7, 11) is 0. The van der Waals surface area contributed by atoms with Gasteiger partial charge in [-0.05, 0) is 25.7 Å². The topological polar surface area (TPSA) is 73.2 Å². The molecule has 0 aliphatic heterocycles. The Morgan fingerprint density at radius 3 is 2.95 bits per heavy atom. The van der Waals surface area contributed by atoms with Gasteiger partial charge < -0.3 is 10.1 Å². The van der Waals surface area contributed by atoms with Crippen molar-refractivity contribution in [2.24, 2.45) is 5.92 Å². The minimum absolute atomic E-state index is 0.0871. The maximum Gasteiger partial charge on any atom is 0.325 e. The average molecular weight is 300 g/mol. The van der Waals surface area contributed by atoms with Crippen LogP contribution in [0.2, 0.25) is 5.02 Å². The number of rotatable bonds is 6. The fourth-order valence-corrected chi connectivity index (χ4v) is 2.24. The summed E-state index contributed by atoms with van der Waals surface area (Å²) in [6.45, 7) is 2.54. The lowest BCUT2D eigenvalue weighted by Gasteiger charge is -2.25. The molecule has 1 aromatic rings. The Bertz CT molecular complexity index is 540. The number of nitrogens with one attached hydrogen (secondary N) is 1. The summed E-state index contributed by atoms with van der Waals surface area (Å²) >= 11 is 5.96. The van der Waals surface area contributed by atoms with Crippen molar-refractivity contribution in [2.45, 2.75) is 32.7 Å². The average Bonchev–Trinajstić information content (AvgIpc) is 2.36. The van der Waals surface area contributed by atoms with Crippen LogP contribution < -0.4 is 10.9 Å². The molecule has 110 valence electrons. The van der Waals surface area contributed by atoms with E-state index in [0.29, 0.717) is 19.1 Å². The minimum atomic E-state index is -0.426. The highest BCUT2D eigenvalue weighted by Crippen LogP contribution is 2.27. The third kappa shape index (κ3) is 3.50. The second-order valence-corrected chi connectivity index (χ2v) is 5.22. The second kappa shape index (κ2) is 6.74. The van der Waals surface area contributed by atoms with Gasteiger partial charge in [-0.2, -0.15) is 5.10 Å². The van der Waals surface area contributed by atoms with E-state index in [1.807, 2.05) is 0 Å². The SMILES string of the molecule is CCOC(=O)CNc1c(Cl)cnn(CC2CCC2)c1=O. The molecule has 1 aliphatic rings. The molecular weight excluding hydrogens is 282 g/mol. The maximum atomic E-state index is 12.2. The number of anilines is 1. The van der Waals surface area contributed by atoms with Crippen LogP contribution in [0.25, 0.3) is 0 Å². The van der Waals surface area contributed by atoms with Crippen LogP contribution in [0, 0.1) is 5.92 Å². The van der Waals surface area contributed by atoms with Gasteiger partial charge in [-0.25, -0.2) is 4.68 Å². The molecule has 0 unspecified atom stereocenters. The molecule has 6 nitrogen and oxygen atoms in total. The molecule has 0 saturated heterocycles. The first kappa shape index (κ1) is 14.8. The number of hydrogen-bond acceptors (Lipinski definition) is 5. The van der Waals surface area contributed by atoms with E-state index in [1.165, 1.54) is 17.3 Å². The van der Waals surface area contributed by atoms with Crippen molar-refractivity contribution in [1.29, 1.82) is 0 Å². The molecule has 1 aliphatic carbocycles. The molecule has 7 heteroatoms. The number of ether oxygens (including phenoxy) is 1. The molecule has 20 heavy (non-hydrogen) atoms. The quantitative estimate of drug-likeness (QED) is 0.809. The first-order valence-corrected chi connectivity index (χ1v) is 7.14. The van der Waals surface area contributed by atoms with Gasteiger partial charge in [0.25, 0.3) is 5.56 Å². The summed E-state index contributed by atoms with van der Waals surface area (Å²) in [5, 5.41) is 6.99. The fourth-order valence-electron chi connectivity index (χ4n) is 2.05. The molecule has 1 N–H and O–H groups in total. The molecule has 0 aromatic carbocycles. The van der Waals surface area contributed by atoms with Gasteiger partial charge in [0.1, 0.15) is 12.2 Å². The molecule has 1 saturated carbocycles. The van der Waals surface area contributed by atoms with Gasteiger partial charge in [0.2, 0.25) is 0 Å². The third-order valence-corrected chi connectivity index (χ3v) is 3.65. The highest BCUT2D eigenvalue weighted by molar-refractivity contribution is 6.33. The summed E-state index contributed by atoms with van der Waals surface area (Å²) in [5.74, 6) is 0.0876. The fraction of sp³-hybridized carbons (Fsp3) is 0.615. The van der Waals surface area contributed by atoms with E-state index in [9.17, 15) is 9.59 Å². The Morgan fingerprint density at radius 1 is 1.60 bits per heavy atom. The molecule has 1 heterocycles. The molecule has 0 amide bonds. The minimum Gasteiger partial charge on any atom is -0.465 e. The van der Waals surface area contributed by atoms with Crippen molar-refractivity contribution in [2.75, 3.05) is 18.5 Å². The number of esters is 1. The zero-order valence-corrected chi connectivity index (χ0v) is 12.2. The Kier molecular flexibility index (Phi) is 5.00. The highest BCUT2D eigenvalue weighted by atomic mass is 35.5. The second-order valence-electron chi connectivity index (χ2n) is 4.81. The summed E-state index contributed by atoms with van der Waals surface area (Å²) < 4.78 is 6.20. The van der Waals surface area contributed by atoms with E-state index in [0.717, 1.165) is 12.8 Å². The van der Waals surface area contributed by atoms with E-state index in [4.69, 9.17) is 16.3 Å². The van der Waals surface area contributed by atoms with Crippen molar-refractivity contribution < 1.29 is 9.53 Å². The number of carbonyl (C=O) groups is 1. The van der Waals surface area contributed by atoms with E-state index in [-0.39, 0.29) is 22.8 Å². The van der Waals surface area contributed by atoms with Crippen LogP contribution in [0.1, 0.15) is 26.2 Å². The summed E-state index contributed by atoms with van der Waals surface area (Å²) in [4.78, 5) is 23.5. The number of halogens is 1. The number of hydrogen-bond donors (Lipinski definition) is 1. The highest BCUT2D eigenvalue weighted by Gasteiger charge is 2.20. The van der Waals surface area contributed by atoms with E-state index >= 15 is 0 Å². The van der Waals surface area contributed by atoms with Crippen molar-refractivity contribution in [3.05, 3.63) is 21.6 Å². The van der Waals surface area contributed by atoms with Crippen molar-refractivity contribution in [1.82, 2.24) is 9.78 Å². The number of nitrogens with zero attached hydrogens (tertiary/aromatic N) is 2. The van der Waals surface area contributed by atoms with Gasteiger partial charge in [0.05, 0.1) is 17.8 Å². The zero-order chi connectivity index (χ0) is 14.5. The maximum absolute atomic E-state index is 12.2. The summed E-state index contributed by atoms with van der Waals surface area (Å²) in [6, 6.07) is 0. The molecule has 0 bridgehead atoms. The van der Waals surface area contributed by atoms with Crippen LogP contribution in [0.4, 0.5) is 5.69 Å². The molecule has 1 aromatic heterocycles. The van der Waals surface area contributed by atoms with Crippen LogP contribution in [0.5, 0.6) is 0 Å². The summed E-state index contributed by atoms with van der Waals surface area (Å²) in [5.41, 5.74) is -0.0947. The van der Waals surface area contributed by atoms with Crippen molar-refractivity contribution >= 4 is 23.3 Å². The lowest BCUT2D eigenvalue weighted by molar-refractivity contribution is -0.140. The predicted molar refractivity (Wildman–Crippen MR) is 76.0 cm³/mol. The predicted octanol–water partition coefficient (Wildman–Crippen LogP) is 1.67. The Hall–Kier alpha value is -1.56. The van der Waals surface area contributed by atoms with Crippen LogP contribution in [-0.2, 0) is 16.1 Å². The van der Waals surface area contributed by atoms with Gasteiger partial charge in [0, 0.05) is 6.54 Å². The number of carbonyl (C=O) groups excluding carboxylic acids is 1. The monoisotopic (exact) mass is 299 g/mol. The molecule has 0 spiro atoms. The van der Waals surface area contributed by atoms with Gasteiger partial charge >= 0.3 is 5.97 Å². The Morgan fingerprint density at radius 2 is 2.35 bits per heavy atom. The van der Waals surface area contributed by atoms with Crippen molar-refractivity contribution in [3.63, 3.8) is 0 Å². The van der Waals surface area contributed by atoms with Gasteiger partial charge in [0.15, 0.2) is 0 Å². The van der Waals surface area contributed by atoms with E-state index in [2.05, 4.69) is 10.4 Å².